The maximum absolute atomic E-state index is 10.1. The fraction of sp³-hybridized carbons (Fsp3) is 0.600. The Hall–Kier alpha value is -1.22. The van der Waals surface area contributed by atoms with Gasteiger partial charge in [-0.2, -0.15) is 0 Å². The van der Waals surface area contributed by atoms with Crippen LogP contribution in [0.4, 0.5) is 0 Å². The lowest BCUT2D eigenvalue weighted by Crippen LogP contribution is -2.34. The molecule has 0 aromatic heterocycles. The topological polar surface area (TPSA) is 38.7 Å². The predicted molar refractivity (Wildman–Crippen MR) is 73.3 cm³/mol. The zero-order valence-electron chi connectivity index (χ0n) is 11.6. The minimum atomic E-state index is -0.736. The van der Waals surface area contributed by atoms with Crippen molar-refractivity contribution in [3.05, 3.63) is 24.3 Å². The molecule has 0 heterocycles. The van der Waals surface area contributed by atoms with Gasteiger partial charge in [0.1, 0.15) is 18.1 Å². The van der Waals surface area contributed by atoms with Gasteiger partial charge in [0.2, 0.25) is 0 Å². The fourth-order valence-electron chi connectivity index (χ4n) is 1.55. The molecule has 18 heavy (non-hydrogen) atoms. The average Bonchev–Trinajstić information content (AvgIpc) is 2.43. The van der Waals surface area contributed by atoms with Crippen LogP contribution in [0, 0.1) is 0 Å². The first kappa shape index (κ1) is 14.8. The molecule has 0 aliphatic heterocycles. The van der Waals surface area contributed by atoms with Crippen molar-refractivity contribution in [2.24, 2.45) is 0 Å². The van der Waals surface area contributed by atoms with Crippen LogP contribution in [0.25, 0.3) is 0 Å². The Kier molecular flexibility index (Phi) is 5.99. The summed E-state index contributed by atoms with van der Waals surface area (Å²) < 4.78 is 11.2. The van der Waals surface area contributed by atoms with E-state index in [0.717, 1.165) is 17.9 Å². The lowest BCUT2D eigenvalue weighted by molar-refractivity contribution is -0.0114. The van der Waals surface area contributed by atoms with Crippen molar-refractivity contribution < 1.29 is 14.6 Å². The molecule has 0 aliphatic carbocycles. The Morgan fingerprint density at radius 1 is 1.06 bits per heavy atom. The molecule has 1 aromatic rings. The molecule has 0 radical (unpaired) electrons. The van der Waals surface area contributed by atoms with Crippen LogP contribution in [-0.4, -0.2) is 23.9 Å². The molecule has 1 aromatic carbocycles. The summed E-state index contributed by atoms with van der Waals surface area (Å²) in [5, 5.41) is 10.1. The molecular formula is C15H24O3. The first-order valence-electron chi connectivity index (χ1n) is 6.71. The van der Waals surface area contributed by atoms with Gasteiger partial charge in [-0.3, -0.25) is 0 Å². The van der Waals surface area contributed by atoms with Crippen molar-refractivity contribution in [3.8, 4) is 11.5 Å². The van der Waals surface area contributed by atoms with E-state index in [1.807, 2.05) is 38.1 Å². The van der Waals surface area contributed by atoms with E-state index in [2.05, 4.69) is 6.92 Å². The van der Waals surface area contributed by atoms with E-state index in [1.54, 1.807) is 0 Å². The quantitative estimate of drug-likeness (QED) is 0.770. The molecule has 0 bridgehead atoms. The Morgan fingerprint density at radius 3 is 2.22 bits per heavy atom. The third-order valence-electron chi connectivity index (χ3n) is 3.10. The third kappa shape index (κ3) is 4.57. The molecule has 0 fully saturated rings. The fourth-order valence-corrected chi connectivity index (χ4v) is 1.55. The average molecular weight is 252 g/mol. The smallest absolute Gasteiger partial charge is 0.123 e. The van der Waals surface area contributed by atoms with Gasteiger partial charge >= 0.3 is 0 Å². The first-order chi connectivity index (χ1) is 8.63. The van der Waals surface area contributed by atoms with E-state index in [1.165, 1.54) is 0 Å². The van der Waals surface area contributed by atoms with Crippen LogP contribution in [0.5, 0.6) is 11.5 Å². The van der Waals surface area contributed by atoms with Crippen LogP contribution in [-0.2, 0) is 0 Å². The molecular weight excluding hydrogens is 228 g/mol. The minimum Gasteiger partial charge on any atom is -0.493 e. The normalized spacial score (nSPS) is 11.3. The predicted octanol–water partition coefficient (Wildman–Crippen LogP) is 3.41. The van der Waals surface area contributed by atoms with Gasteiger partial charge < -0.3 is 14.6 Å². The van der Waals surface area contributed by atoms with Gasteiger partial charge in [0.25, 0.3) is 0 Å². The lowest BCUT2D eigenvalue weighted by atomic mass is 9.99. The van der Waals surface area contributed by atoms with Crippen molar-refractivity contribution in [1.29, 1.82) is 0 Å². The second-order valence-corrected chi connectivity index (χ2v) is 4.54. The van der Waals surface area contributed by atoms with E-state index in [4.69, 9.17) is 9.47 Å². The van der Waals surface area contributed by atoms with E-state index < -0.39 is 5.60 Å². The van der Waals surface area contributed by atoms with Crippen LogP contribution in [0.2, 0.25) is 0 Å². The van der Waals surface area contributed by atoms with Gasteiger partial charge in [-0.25, -0.2) is 0 Å². The molecule has 0 spiro atoms. The molecule has 1 rings (SSSR count). The summed E-state index contributed by atoms with van der Waals surface area (Å²) in [6.07, 6.45) is 2.36. The molecule has 0 atom stereocenters. The molecule has 3 nitrogen and oxygen atoms in total. The van der Waals surface area contributed by atoms with Gasteiger partial charge in [-0.05, 0) is 31.4 Å². The van der Waals surface area contributed by atoms with Crippen LogP contribution >= 0.6 is 0 Å². The van der Waals surface area contributed by atoms with Crippen LogP contribution < -0.4 is 9.47 Å². The van der Waals surface area contributed by atoms with Gasteiger partial charge in [0.05, 0.1) is 12.2 Å². The third-order valence-corrected chi connectivity index (χ3v) is 3.10. The molecule has 0 amide bonds. The van der Waals surface area contributed by atoms with E-state index in [0.29, 0.717) is 26.1 Å². The van der Waals surface area contributed by atoms with E-state index in [-0.39, 0.29) is 0 Å². The number of rotatable bonds is 8. The maximum Gasteiger partial charge on any atom is 0.123 e. The van der Waals surface area contributed by atoms with Crippen molar-refractivity contribution in [2.75, 3.05) is 13.2 Å². The van der Waals surface area contributed by atoms with E-state index in [9.17, 15) is 5.11 Å². The second kappa shape index (κ2) is 7.27. The lowest BCUT2D eigenvalue weighted by Gasteiger charge is -2.25. The van der Waals surface area contributed by atoms with Crippen molar-refractivity contribution in [2.45, 2.75) is 45.6 Å². The number of hydrogen-bond donors (Lipinski definition) is 1. The molecule has 3 heteroatoms. The summed E-state index contributed by atoms with van der Waals surface area (Å²) in [7, 11) is 0. The summed E-state index contributed by atoms with van der Waals surface area (Å²) in [6.45, 7) is 7.03. The Bertz CT molecular complexity index is 345. The number of ether oxygens (including phenoxy) is 2. The molecule has 0 aliphatic rings. The molecule has 0 saturated carbocycles. The molecule has 1 N–H and O–H groups in total. The van der Waals surface area contributed by atoms with Crippen LogP contribution in [0.3, 0.4) is 0 Å². The van der Waals surface area contributed by atoms with Crippen molar-refractivity contribution >= 4 is 0 Å². The largest absolute Gasteiger partial charge is 0.493 e. The SMILES string of the molecule is CCCOc1cccc(OCC(O)(CC)CC)c1. The summed E-state index contributed by atoms with van der Waals surface area (Å²) in [4.78, 5) is 0. The van der Waals surface area contributed by atoms with Gasteiger partial charge in [0, 0.05) is 6.07 Å². The van der Waals surface area contributed by atoms with Crippen LogP contribution in [0.1, 0.15) is 40.0 Å². The molecule has 0 unspecified atom stereocenters. The Balaban J connectivity index is 2.56. The summed E-state index contributed by atoms with van der Waals surface area (Å²) >= 11 is 0. The molecule has 102 valence electrons. The number of benzene rings is 1. The standard InChI is InChI=1S/C15H24O3/c1-4-10-17-13-8-7-9-14(11-13)18-12-15(16,5-2)6-3/h7-9,11,16H,4-6,10,12H2,1-3H3. The van der Waals surface area contributed by atoms with Gasteiger partial charge in [-0.15, -0.1) is 0 Å². The van der Waals surface area contributed by atoms with E-state index >= 15 is 0 Å². The maximum atomic E-state index is 10.1. The second-order valence-electron chi connectivity index (χ2n) is 4.54. The van der Waals surface area contributed by atoms with Gasteiger partial charge in [-0.1, -0.05) is 26.8 Å². The zero-order chi connectivity index (χ0) is 13.4. The Morgan fingerprint density at radius 2 is 1.67 bits per heavy atom. The number of hydrogen-bond acceptors (Lipinski definition) is 3. The highest BCUT2D eigenvalue weighted by Crippen LogP contribution is 2.22. The summed E-state index contributed by atoms with van der Waals surface area (Å²) in [5.41, 5.74) is -0.736. The highest BCUT2D eigenvalue weighted by atomic mass is 16.5. The summed E-state index contributed by atoms with van der Waals surface area (Å²) in [5.74, 6) is 1.55. The van der Waals surface area contributed by atoms with Crippen molar-refractivity contribution in [1.82, 2.24) is 0 Å². The Labute approximate surface area is 110 Å². The number of aliphatic hydroxyl groups is 1. The summed E-state index contributed by atoms with van der Waals surface area (Å²) in [6, 6.07) is 7.55. The highest BCUT2D eigenvalue weighted by molar-refractivity contribution is 5.32. The minimum absolute atomic E-state index is 0.317. The van der Waals surface area contributed by atoms with Gasteiger partial charge in [0.15, 0.2) is 0 Å². The molecule has 0 saturated heterocycles. The first-order valence-corrected chi connectivity index (χ1v) is 6.71. The van der Waals surface area contributed by atoms with Crippen molar-refractivity contribution in [3.63, 3.8) is 0 Å². The monoisotopic (exact) mass is 252 g/mol. The van der Waals surface area contributed by atoms with Crippen LogP contribution in [0.15, 0.2) is 24.3 Å². The highest BCUT2D eigenvalue weighted by Gasteiger charge is 2.23. The zero-order valence-corrected chi connectivity index (χ0v) is 11.6.